The van der Waals surface area contributed by atoms with Gasteiger partial charge in [0.2, 0.25) is 0 Å². The molecule has 2 aromatic carbocycles. The van der Waals surface area contributed by atoms with Gasteiger partial charge in [0.1, 0.15) is 5.82 Å². The first kappa shape index (κ1) is 21.3. The number of nitrogens with one attached hydrogen (secondary N) is 2. The number of hydrogen-bond acceptors (Lipinski definition) is 3. The largest absolute Gasteiger partial charge is 0.416 e. The molecule has 154 valence electrons. The van der Waals surface area contributed by atoms with Crippen molar-refractivity contribution in [3.8, 4) is 11.1 Å². The number of halogens is 4. The molecule has 0 unspecified atom stereocenters. The van der Waals surface area contributed by atoms with E-state index in [0.29, 0.717) is 16.7 Å². The van der Waals surface area contributed by atoms with Gasteiger partial charge in [-0.15, -0.1) is 0 Å². The van der Waals surface area contributed by atoms with Crippen LogP contribution in [0.5, 0.6) is 0 Å². The number of carbonyl (C=O) groups excluding carboxylic acids is 2. The van der Waals surface area contributed by atoms with Gasteiger partial charge >= 0.3 is 12.2 Å². The fraction of sp³-hybridized carbons (Fsp3) is 0.0952. The number of rotatable bonds is 3. The molecule has 0 saturated carbocycles. The predicted octanol–water partition coefficient (Wildman–Crippen LogP) is 5.69. The lowest BCUT2D eigenvalue weighted by molar-refractivity contribution is -0.137. The van der Waals surface area contributed by atoms with Crippen LogP contribution in [0, 0.1) is 6.92 Å². The summed E-state index contributed by atoms with van der Waals surface area (Å²) in [7, 11) is 0. The van der Waals surface area contributed by atoms with E-state index >= 15 is 0 Å². The Hall–Kier alpha value is -3.39. The van der Waals surface area contributed by atoms with Crippen LogP contribution < -0.4 is 10.6 Å². The highest BCUT2D eigenvalue weighted by Gasteiger charge is 2.30. The lowest BCUT2D eigenvalue weighted by Gasteiger charge is -2.11. The van der Waals surface area contributed by atoms with Crippen molar-refractivity contribution in [2.45, 2.75) is 13.1 Å². The normalized spacial score (nSPS) is 11.1. The maximum absolute atomic E-state index is 12.7. The highest BCUT2D eigenvalue weighted by atomic mass is 35.5. The molecule has 9 heteroatoms. The topological polar surface area (TPSA) is 71.1 Å². The number of urea groups is 1. The minimum Gasteiger partial charge on any atom is -0.292 e. The molecule has 0 bridgehead atoms. The molecular weight excluding hydrogens is 419 g/mol. The third-order valence-corrected chi connectivity index (χ3v) is 4.55. The lowest BCUT2D eigenvalue weighted by Crippen LogP contribution is -2.34. The Bertz CT molecular complexity index is 1100. The van der Waals surface area contributed by atoms with E-state index in [2.05, 4.69) is 15.6 Å². The van der Waals surface area contributed by atoms with Crippen LogP contribution in [0.15, 0.2) is 60.8 Å². The number of alkyl halides is 3. The zero-order chi connectivity index (χ0) is 21.9. The molecule has 3 aromatic rings. The van der Waals surface area contributed by atoms with Crippen molar-refractivity contribution in [3.05, 3.63) is 82.5 Å². The Morgan fingerprint density at radius 1 is 1.03 bits per heavy atom. The summed E-state index contributed by atoms with van der Waals surface area (Å²) in [6.07, 6.45) is -2.97. The van der Waals surface area contributed by atoms with Crippen LogP contribution >= 0.6 is 11.6 Å². The first-order valence-corrected chi connectivity index (χ1v) is 9.04. The third-order valence-electron chi connectivity index (χ3n) is 4.22. The van der Waals surface area contributed by atoms with Gasteiger partial charge in [0, 0.05) is 11.8 Å². The summed E-state index contributed by atoms with van der Waals surface area (Å²) in [6.45, 7) is 1.73. The second-order valence-corrected chi connectivity index (χ2v) is 6.75. The minimum absolute atomic E-state index is 0.149. The van der Waals surface area contributed by atoms with Crippen LogP contribution in [0.2, 0.25) is 5.02 Å². The van der Waals surface area contributed by atoms with Crippen LogP contribution in [0.3, 0.4) is 0 Å². The first-order valence-electron chi connectivity index (χ1n) is 8.66. The molecule has 0 aliphatic carbocycles. The molecule has 0 aliphatic heterocycles. The minimum atomic E-state index is -4.41. The van der Waals surface area contributed by atoms with E-state index in [4.69, 9.17) is 11.6 Å². The highest BCUT2D eigenvalue weighted by Crippen LogP contribution is 2.31. The van der Waals surface area contributed by atoms with E-state index in [1.54, 1.807) is 25.1 Å². The maximum atomic E-state index is 12.7. The van der Waals surface area contributed by atoms with Gasteiger partial charge in [-0.05, 0) is 48.4 Å². The molecule has 1 heterocycles. The van der Waals surface area contributed by atoms with Gasteiger partial charge in [0.25, 0.3) is 5.91 Å². The van der Waals surface area contributed by atoms with Crippen LogP contribution in [-0.4, -0.2) is 16.9 Å². The number of nitrogens with zero attached hydrogens (tertiary/aromatic N) is 1. The number of carbonyl (C=O) groups is 2. The summed E-state index contributed by atoms with van der Waals surface area (Å²) in [5.74, 6) is -0.496. The van der Waals surface area contributed by atoms with Gasteiger partial charge in [0.15, 0.2) is 0 Å². The zero-order valence-electron chi connectivity index (χ0n) is 15.5. The van der Waals surface area contributed by atoms with Gasteiger partial charge in [-0.3, -0.25) is 15.4 Å². The average Bonchev–Trinajstić information content (AvgIpc) is 2.67. The Labute approximate surface area is 174 Å². The number of hydrogen-bond donors (Lipinski definition) is 2. The van der Waals surface area contributed by atoms with Crippen LogP contribution in [0.1, 0.15) is 21.5 Å². The molecule has 0 saturated heterocycles. The van der Waals surface area contributed by atoms with Crippen LogP contribution in [0.25, 0.3) is 11.1 Å². The Morgan fingerprint density at radius 3 is 2.30 bits per heavy atom. The smallest absolute Gasteiger partial charge is 0.292 e. The summed E-state index contributed by atoms with van der Waals surface area (Å²) < 4.78 is 38.1. The van der Waals surface area contributed by atoms with Crippen molar-refractivity contribution >= 4 is 29.4 Å². The van der Waals surface area contributed by atoms with Gasteiger partial charge in [-0.1, -0.05) is 35.9 Å². The molecule has 1 aromatic heterocycles. The van der Waals surface area contributed by atoms with E-state index in [1.165, 1.54) is 30.5 Å². The molecule has 0 spiro atoms. The van der Waals surface area contributed by atoms with Crippen molar-refractivity contribution in [2.24, 2.45) is 0 Å². The number of aromatic nitrogens is 1. The van der Waals surface area contributed by atoms with Crippen molar-refractivity contribution in [1.82, 2.24) is 10.3 Å². The Balaban J connectivity index is 1.70. The molecule has 0 atom stereocenters. The summed E-state index contributed by atoms with van der Waals surface area (Å²) in [4.78, 5) is 28.3. The fourth-order valence-electron chi connectivity index (χ4n) is 2.73. The molecule has 30 heavy (non-hydrogen) atoms. The van der Waals surface area contributed by atoms with Gasteiger partial charge in [-0.2, -0.15) is 13.2 Å². The maximum Gasteiger partial charge on any atom is 0.416 e. The molecular formula is C21H15ClF3N3O2. The number of anilines is 1. The molecule has 3 amide bonds. The number of amides is 3. The summed E-state index contributed by atoms with van der Waals surface area (Å²) in [5.41, 5.74) is 1.25. The van der Waals surface area contributed by atoms with E-state index < -0.39 is 23.7 Å². The SMILES string of the molecule is Cc1cc(NC(=O)NC(=O)c2ccccc2Cl)ncc1-c1ccc(C(F)(F)F)cc1. The molecule has 3 rings (SSSR count). The number of imide groups is 1. The second kappa shape index (κ2) is 8.54. The van der Waals surface area contributed by atoms with Gasteiger partial charge in [0.05, 0.1) is 16.1 Å². The second-order valence-electron chi connectivity index (χ2n) is 6.35. The van der Waals surface area contributed by atoms with E-state index in [9.17, 15) is 22.8 Å². The van der Waals surface area contributed by atoms with Crippen LogP contribution in [-0.2, 0) is 6.18 Å². The Kier molecular flexibility index (Phi) is 6.07. The fourth-order valence-corrected chi connectivity index (χ4v) is 2.95. The number of pyridine rings is 1. The molecule has 0 radical (unpaired) electrons. The molecule has 2 N–H and O–H groups in total. The summed E-state index contributed by atoms with van der Waals surface area (Å²) in [5, 5.41) is 4.79. The summed E-state index contributed by atoms with van der Waals surface area (Å²) in [6, 6.07) is 11.7. The number of aryl methyl sites for hydroxylation is 1. The van der Waals surface area contributed by atoms with E-state index in [-0.39, 0.29) is 16.4 Å². The van der Waals surface area contributed by atoms with Crippen molar-refractivity contribution in [1.29, 1.82) is 0 Å². The van der Waals surface area contributed by atoms with Gasteiger partial charge < -0.3 is 0 Å². The number of benzene rings is 2. The quantitative estimate of drug-likeness (QED) is 0.557. The molecule has 0 fully saturated rings. The molecule has 5 nitrogen and oxygen atoms in total. The van der Waals surface area contributed by atoms with Crippen molar-refractivity contribution < 1.29 is 22.8 Å². The van der Waals surface area contributed by atoms with Crippen molar-refractivity contribution in [2.75, 3.05) is 5.32 Å². The van der Waals surface area contributed by atoms with Crippen molar-refractivity contribution in [3.63, 3.8) is 0 Å². The molecule has 0 aliphatic rings. The summed E-state index contributed by atoms with van der Waals surface area (Å²) >= 11 is 5.93. The highest BCUT2D eigenvalue weighted by molar-refractivity contribution is 6.34. The Morgan fingerprint density at radius 2 is 1.70 bits per heavy atom. The van der Waals surface area contributed by atoms with Crippen LogP contribution in [0.4, 0.5) is 23.8 Å². The lowest BCUT2D eigenvalue weighted by atomic mass is 10.0. The zero-order valence-corrected chi connectivity index (χ0v) is 16.3. The third kappa shape index (κ3) is 4.96. The van der Waals surface area contributed by atoms with Gasteiger partial charge in [-0.25, -0.2) is 9.78 Å². The van der Waals surface area contributed by atoms with E-state index in [0.717, 1.165) is 12.1 Å². The average molecular weight is 434 g/mol. The van der Waals surface area contributed by atoms with E-state index in [1.807, 2.05) is 0 Å². The standard InChI is InChI=1S/C21H15ClF3N3O2/c1-12-10-18(27-20(30)28-19(29)15-4-2-3-5-17(15)22)26-11-16(12)13-6-8-14(9-7-13)21(23,24)25/h2-11H,1H3,(H2,26,27,28,29,30). The predicted molar refractivity (Wildman–Crippen MR) is 107 cm³/mol. The first-order chi connectivity index (χ1) is 14.1. The monoisotopic (exact) mass is 433 g/mol.